The van der Waals surface area contributed by atoms with Gasteiger partial charge in [-0.3, -0.25) is 4.79 Å². The van der Waals surface area contributed by atoms with Crippen LogP contribution in [-0.4, -0.2) is 16.3 Å². The zero-order chi connectivity index (χ0) is 10.8. The van der Waals surface area contributed by atoms with Gasteiger partial charge in [-0.05, 0) is 19.1 Å². The first-order valence-corrected chi connectivity index (χ1v) is 5.27. The number of hydrogen-bond donors (Lipinski definition) is 1. The van der Waals surface area contributed by atoms with Crippen LogP contribution < -0.4 is 0 Å². The molecule has 0 unspecified atom stereocenters. The summed E-state index contributed by atoms with van der Waals surface area (Å²) in [6, 6.07) is 7.82. The van der Waals surface area contributed by atoms with E-state index in [1.165, 1.54) is 0 Å². The second-order valence-electron chi connectivity index (χ2n) is 3.22. The van der Waals surface area contributed by atoms with Crippen molar-refractivity contribution >= 4 is 22.2 Å². The van der Waals surface area contributed by atoms with Gasteiger partial charge in [-0.15, -0.1) is 0 Å². The predicted molar refractivity (Wildman–Crippen MR) is 61.8 cm³/mol. The van der Waals surface area contributed by atoms with Crippen LogP contribution in [0.25, 0.3) is 11.3 Å². The highest BCUT2D eigenvalue weighted by atomic mass is 79.9. The molecule has 1 aromatic carbocycles. The Balaban J connectivity index is 2.48. The SMILES string of the molecule is Cc1[nH]c(C=O)nc1-c1ccc(Br)cc1. The van der Waals surface area contributed by atoms with Crippen molar-refractivity contribution in [2.24, 2.45) is 0 Å². The third-order valence-electron chi connectivity index (χ3n) is 2.13. The predicted octanol–water partition coefficient (Wildman–Crippen LogP) is 2.96. The minimum Gasteiger partial charge on any atom is -0.339 e. The first kappa shape index (κ1) is 10.1. The molecule has 3 nitrogen and oxygen atoms in total. The summed E-state index contributed by atoms with van der Waals surface area (Å²) in [4.78, 5) is 17.7. The van der Waals surface area contributed by atoms with Gasteiger partial charge in [0.05, 0.1) is 5.69 Å². The molecule has 0 saturated heterocycles. The minimum absolute atomic E-state index is 0.366. The number of hydrogen-bond acceptors (Lipinski definition) is 2. The van der Waals surface area contributed by atoms with Gasteiger partial charge in [-0.1, -0.05) is 28.1 Å². The third kappa shape index (κ3) is 1.99. The highest BCUT2D eigenvalue weighted by Crippen LogP contribution is 2.22. The van der Waals surface area contributed by atoms with Crippen molar-refractivity contribution in [3.05, 3.63) is 40.3 Å². The number of carbonyl (C=O) groups is 1. The lowest BCUT2D eigenvalue weighted by molar-refractivity contribution is 0.111. The Morgan fingerprint density at radius 1 is 1.33 bits per heavy atom. The zero-order valence-corrected chi connectivity index (χ0v) is 9.71. The van der Waals surface area contributed by atoms with Crippen LogP contribution in [0, 0.1) is 6.92 Å². The van der Waals surface area contributed by atoms with E-state index >= 15 is 0 Å². The minimum atomic E-state index is 0.366. The molecule has 1 aromatic heterocycles. The van der Waals surface area contributed by atoms with E-state index in [0.29, 0.717) is 5.82 Å². The van der Waals surface area contributed by atoms with E-state index in [9.17, 15) is 4.79 Å². The normalized spacial score (nSPS) is 10.3. The molecule has 0 aliphatic carbocycles. The summed E-state index contributed by atoms with van der Waals surface area (Å²) in [6.07, 6.45) is 0.718. The highest BCUT2D eigenvalue weighted by molar-refractivity contribution is 9.10. The van der Waals surface area contributed by atoms with Crippen LogP contribution >= 0.6 is 15.9 Å². The molecule has 2 rings (SSSR count). The molecule has 0 aliphatic rings. The number of aryl methyl sites for hydroxylation is 1. The number of aldehydes is 1. The molecule has 0 fully saturated rings. The maximum absolute atomic E-state index is 10.6. The maximum Gasteiger partial charge on any atom is 0.185 e. The largest absolute Gasteiger partial charge is 0.339 e. The average Bonchev–Trinajstić information content (AvgIpc) is 2.61. The zero-order valence-electron chi connectivity index (χ0n) is 8.12. The van der Waals surface area contributed by atoms with Crippen molar-refractivity contribution in [3.63, 3.8) is 0 Å². The smallest absolute Gasteiger partial charge is 0.185 e. The number of benzene rings is 1. The van der Waals surface area contributed by atoms with Crippen molar-refractivity contribution in [2.75, 3.05) is 0 Å². The van der Waals surface area contributed by atoms with Gasteiger partial charge in [0, 0.05) is 15.7 Å². The van der Waals surface area contributed by atoms with Gasteiger partial charge >= 0.3 is 0 Å². The fourth-order valence-electron chi connectivity index (χ4n) is 1.43. The number of nitrogens with zero attached hydrogens (tertiary/aromatic N) is 1. The molecular weight excluding hydrogens is 256 g/mol. The maximum atomic E-state index is 10.6. The number of aromatic amines is 1. The van der Waals surface area contributed by atoms with Crippen LogP contribution in [0.2, 0.25) is 0 Å². The van der Waals surface area contributed by atoms with Crippen LogP contribution in [0.5, 0.6) is 0 Å². The molecule has 0 aliphatic heterocycles. The Morgan fingerprint density at radius 2 is 2.00 bits per heavy atom. The van der Waals surface area contributed by atoms with Crippen molar-refractivity contribution < 1.29 is 4.79 Å². The van der Waals surface area contributed by atoms with Crippen LogP contribution in [-0.2, 0) is 0 Å². The second kappa shape index (κ2) is 3.98. The molecule has 1 N–H and O–H groups in total. The summed E-state index contributed by atoms with van der Waals surface area (Å²) >= 11 is 3.37. The van der Waals surface area contributed by atoms with Crippen molar-refractivity contribution in [1.82, 2.24) is 9.97 Å². The molecule has 15 heavy (non-hydrogen) atoms. The molecule has 0 spiro atoms. The van der Waals surface area contributed by atoms with Crippen molar-refractivity contribution in [2.45, 2.75) is 6.92 Å². The molecule has 0 saturated carbocycles. The summed E-state index contributed by atoms with van der Waals surface area (Å²) < 4.78 is 1.02. The Hall–Kier alpha value is -1.42. The van der Waals surface area contributed by atoms with Crippen molar-refractivity contribution in [1.29, 1.82) is 0 Å². The monoisotopic (exact) mass is 264 g/mol. The van der Waals surface area contributed by atoms with Gasteiger partial charge in [0.25, 0.3) is 0 Å². The lowest BCUT2D eigenvalue weighted by Crippen LogP contribution is -1.81. The summed E-state index contributed by atoms with van der Waals surface area (Å²) in [5, 5.41) is 0. The fraction of sp³-hybridized carbons (Fsp3) is 0.0909. The number of aromatic nitrogens is 2. The Kier molecular flexibility index (Phi) is 2.68. The number of imidazole rings is 1. The molecule has 4 heteroatoms. The lowest BCUT2D eigenvalue weighted by atomic mass is 10.1. The summed E-state index contributed by atoms with van der Waals surface area (Å²) in [5.74, 6) is 0.366. The second-order valence-corrected chi connectivity index (χ2v) is 4.14. The average molecular weight is 265 g/mol. The molecule has 1 heterocycles. The molecule has 0 radical (unpaired) electrons. The van der Waals surface area contributed by atoms with E-state index in [1.54, 1.807) is 0 Å². The number of carbonyl (C=O) groups excluding carboxylic acids is 1. The number of halogens is 1. The summed E-state index contributed by atoms with van der Waals surface area (Å²) in [7, 11) is 0. The third-order valence-corrected chi connectivity index (χ3v) is 2.66. The van der Waals surface area contributed by atoms with Crippen LogP contribution in [0.4, 0.5) is 0 Å². The van der Waals surface area contributed by atoms with E-state index in [1.807, 2.05) is 31.2 Å². The Bertz CT molecular complexity index is 488. The molecule has 0 bridgehead atoms. The fourth-order valence-corrected chi connectivity index (χ4v) is 1.69. The van der Waals surface area contributed by atoms with Gasteiger partial charge in [0.2, 0.25) is 0 Å². The van der Waals surface area contributed by atoms with Crippen molar-refractivity contribution in [3.8, 4) is 11.3 Å². The standard InChI is InChI=1S/C11H9BrN2O/c1-7-11(14-10(6-15)13-7)8-2-4-9(12)5-3-8/h2-6H,1H3,(H,13,14). The summed E-state index contributed by atoms with van der Waals surface area (Å²) in [5.41, 5.74) is 2.73. The molecule has 0 amide bonds. The number of nitrogens with one attached hydrogen (secondary N) is 1. The van der Waals surface area contributed by atoms with Gasteiger partial charge in [-0.2, -0.15) is 0 Å². The quantitative estimate of drug-likeness (QED) is 0.848. The lowest BCUT2D eigenvalue weighted by Gasteiger charge is -1.98. The topological polar surface area (TPSA) is 45.8 Å². The highest BCUT2D eigenvalue weighted by Gasteiger charge is 2.07. The first-order valence-electron chi connectivity index (χ1n) is 4.48. The van der Waals surface area contributed by atoms with Crippen LogP contribution in [0.3, 0.4) is 0 Å². The van der Waals surface area contributed by atoms with Crippen LogP contribution in [0.15, 0.2) is 28.7 Å². The molecule has 76 valence electrons. The van der Waals surface area contributed by atoms with E-state index in [4.69, 9.17) is 0 Å². The van der Waals surface area contributed by atoms with E-state index < -0.39 is 0 Å². The molecule has 0 atom stereocenters. The van der Waals surface area contributed by atoms with Gasteiger partial charge in [0.1, 0.15) is 0 Å². The van der Waals surface area contributed by atoms with Gasteiger partial charge < -0.3 is 4.98 Å². The van der Waals surface area contributed by atoms with Gasteiger partial charge in [0.15, 0.2) is 12.1 Å². The summed E-state index contributed by atoms with van der Waals surface area (Å²) in [6.45, 7) is 1.90. The number of rotatable bonds is 2. The first-order chi connectivity index (χ1) is 7.20. The van der Waals surface area contributed by atoms with Gasteiger partial charge in [-0.25, -0.2) is 4.98 Å². The Morgan fingerprint density at radius 3 is 2.53 bits per heavy atom. The number of H-pyrrole nitrogens is 1. The Labute approximate surface area is 95.7 Å². The molecule has 2 aromatic rings. The van der Waals surface area contributed by atoms with E-state index in [-0.39, 0.29) is 0 Å². The van der Waals surface area contributed by atoms with E-state index in [2.05, 4.69) is 25.9 Å². The van der Waals surface area contributed by atoms with E-state index in [0.717, 1.165) is 27.7 Å². The molecular formula is C11H9BrN2O. The van der Waals surface area contributed by atoms with Crippen LogP contribution in [0.1, 0.15) is 16.3 Å².